The molecule has 1 unspecified atom stereocenters. The van der Waals surface area contributed by atoms with E-state index in [4.69, 9.17) is 4.42 Å². The minimum absolute atomic E-state index is 0.240. The second-order valence-corrected chi connectivity index (χ2v) is 6.17. The molecule has 23 heavy (non-hydrogen) atoms. The zero-order chi connectivity index (χ0) is 15.8. The lowest BCUT2D eigenvalue weighted by Gasteiger charge is -2.40. The number of furan rings is 1. The van der Waals surface area contributed by atoms with Crippen LogP contribution in [-0.4, -0.2) is 39.4 Å². The maximum absolute atomic E-state index is 5.66. The summed E-state index contributed by atoms with van der Waals surface area (Å²) in [6, 6.07) is 8.23. The van der Waals surface area contributed by atoms with Crippen molar-refractivity contribution >= 4 is 11.5 Å². The Morgan fingerprint density at radius 1 is 1.30 bits per heavy atom. The molecule has 0 radical (unpaired) electrons. The number of aromatic nitrogens is 4. The summed E-state index contributed by atoms with van der Waals surface area (Å²) >= 11 is 0. The van der Waals surface area contributed by atoms with Crippen LogP contribution in [0.2, 0.25) is 0 Å². The average Bonchev–Trinajstić information content (AvgIpc) is 3.13. The summed E-state index contributed by atoms with van der Waals surface area (Å²) in [6.45, 7) is 7.11. The molecule has 0 aliphatic carbocycles. The van der Waals surface area contributed by atoms with Gasteiger partial charge in [0.15, 0.2) is 5.65 Å². The van der Waals surface area contributed by atoms with E-state index >= 15 is 0 Å². The van der Waals surface area contributed by atoms with Crippen LogP contribution in [0.3, 0.4) is 0 Å². The van der Waals surface area contributed by atoms with Gasteiger partial charge in [-0.3, -0.25) is 0 Å². The first-order valence-electron chi connectivity index (χ1n) is 7.91. The molecule has 3 aromatic heterocycles. The molecule has 1 aliphatic rings. The van der Waals surface area contributed by atoms with Gasteiger partial charge in [-0.1, -0.05) is 0 Å². The quantitative estimate of drug-likeness (QED) is 0.775. The zero-order valence-corrected chi connectivity index (χ0v) is 13.3. The minimum atomic E-state index is 0.240. The molecule has 1 atom stereocenters. The highest BCUT2D eigenvalue weighted by Gasteiger charge is 2.28. The van der Waals surface area contributed by atoms with Gasteiger partial charge < -0.3 is 14.6 Å². The fourth-order valence-electron chi connectivity index (χ4n) is 2.90. The summed E-state index contributed by atoms with van der Waals surface area (Å²) in [5.41, 5.74) is 0.773. The van der Waals surface area contributed by atoms with Crippen molar-refractivity contribution in [2.24, 2.45) is 5.92 Å². The number of nitrogens with zero attached hydrogens (tertiary/aromatic N) is 5. The van der Waals surface area contributed by atoms with E-state index < -0.39 is 0 Å². The second kappa shape index (κ2) is 5.66. The van der Waals surface area contributed by atoms with Crippen LogP contribution < -0.4 is 10.2 Å². The molecular weight excluding hydrogens is 292 g/mol. The van der Waals surface area contributed by atoms with E-state index in [9.17, 15) is 0 Å². The molecule has 1 N–H and O–H groups in total. The summed E-state index contributed by atoms with van der Waals surface area (Å²) in [7, 11) is 0. The van der Waals surface area contributed by atoms with Crippen LogP contribution in [0.15, 0.2) is 35.0 Å². The Morgan fingerprint density at radius 2 is 2.17 bits per heavy atom. The maximum Gasteiger partial charge on any atom is 0.177 e. The van der Waals surface area contributed by atoms with Crippen molar-refractivity contribution in [2.75, 3.05) is 24.5 Å². The summed E-state index contributed by atoms with van der Waals surface area (Å²) in [6.07, 6.45) is 1.63. The van der Waals surface area contributed by atoms with E-state index in [1.165, 1.54) is 0 Å². The van der Waals surface area contributed by atoms with E-state index in [0.29, 0.717) is 5.92 Å². The summed E-state index contributed by atoms with van der Waals surface area (Å²) in [5, 5.41) is 15.9. The number of anilines is 1. The molecule has 0 spiro atoms. The second-order valence-electron chi connectivity index (χ2n) is 6.17. The van der Waals surface area contributed by atoms with Gasteiger partial charge in [0, 0.05) is 25.6 Å². The zero-order valence-electron chi connectivity index (χ0n) is 13.3. The number of nitrogens with one attached hydrogen (secondary N) is 1. The van der Waals surface area contributed by atoms with Crippen LogP contribution in [0.1, 0.15) is 24.5 Å². The van der Waals surface area contributed by atoms with Crippen LogP contribution in [0, 0.1) is 12.8 Å². The van der Waals surface area contributed by atoms with Gasteiger partial charge in [-0.05, 0) is 38.1 Å². The Morgan fingerprint density at radius 3 is 2.96 bits per heavy atom. The van der Waals surface area contributed by atoms with Gasteiger partial charge in [0.05, 0.1) is 6.04 Å². The molecule has 3 aromatic rings. The number of fused-ring (bicyclic) bond motifs is 1. The Hall–Kier alpha value is -2.41. The van der Waals surface area contributed by atoms with Crippen molar-refractivity contribution < 1.29 is 4.42 Å². The normalized spacial score (nSPS) is 16.7. The van der Waals surface area contributed by atoms with Gasteiger partial charge in [-0.15, -0.1) is 15.3 Å². The highest BCUT2D eigenvalue weighted by Crippen LogP contribution is 2.23. The van der Waals surface area contributed by atoms with Gasteiger partial charge in [-0.25, -0.2) is 0 Å². The predicted molar refractivity (Wildman–Crippen MR) is 86.3 cm³/mol. The van der Waals surface area contributed by atoms with Crippen LogP contribution in [0.5, 0.6) is 0 Å². The van der Waals surface area contributed by atoms with Crippen LogP contribution in [-0.2, 0) is 0 Å². The molecule has 1 aliphatic heterocycles. The van der Waals surface area contributed by atoms with E-state index in [0.717, 1.165) is 42.6 Å². The largest absolute Gasteiger partial charge is 0.465 e. The summed E-state index contributed by atoms with van der Waals surface area (Å²) < 4.78 is 7.37. The smallest absolute Gasteiger partial charge is 0.177 e. The average molecular weight is 312 g/mol. The molecule has 0 saturated carbocycles. The van der Waals surface area contributed by atoms with Crippen LogP contribution in [0.25, 0.3) is 5.65 Å². The van der Waals surface area contributed by atoms with E-state index in [1.54, 1.807) is 10.8 Å². The molecule has 4 rings (SSSR count). The first-order chi connectivity index (χ1) is 11.2. The molecule has 0 amide bonds. The Bertz CT molecular complexity index is 804. The third-order valence-electron chi connectivity index (χ3n) is 4.33. The molecule has 120 valence electrons. The van der Waals surface area contributed by atoms with Crippen LogP contribution in [0.4, 0.5) is 5.82 Å². The van der Waals surface area contributed by atoms with Gasteiger partial charge in [0.2, 0.25) is 0 Å². The van der Waals surface area contributed by atoms with Gasteiger partial charge in [-0.2, -0.15) is 4.52 Å². The van der Waals surface area contributed by atoms with Crippen molar-refractivity contribution in [3.63, 3.8) is 0 Å². The first kappa shape index (κ1) is 14.2. The molecule has 1 saturated heterocycles. The summed E-state index contributed by atoms with van der Waals surface area (Å²) in [4.78, 5) is 2.27. The monoisotopic (exact) mass is 312 g/mol. The number of hydrogen-bond donors (Lipinski definition) is 1. The van der Waals surface area contributed by atoms with Gasteiger partial charge >= 0.3 is 0 Å². The third-order valence-corrected chi connectivity index (χ3v) is 4.33. The first-order valence-corrected chi connectivity index (χ1v) is 7.91. The van der Waals surface area contributed by atoms with E-state index in [2.05, 4.69) is 32.4 Å². The molecule has 1 fully saturated rings. The van der Waals surface area contributed by atoms with E-state index in [1.807, 2.05) is 31.2 Å². The molecule has 7 heteroatoms. The lowest BCUT2D eigenvalue weighted by molar-refractivity contribution is 0.344. The highest BCUT2D eigenvalue weighted by atomic mass is 16.3. The Kier molecular flexibility index (Phi) is 3.49. The number of aryl methyl sites for hydroxylation is 1. The highest BCUT2D eigenvalue weighted by molar-refractivity contribution is 5.46. The molecule has 0 bridgehead atoms. The molecule has 4 heterocycles. The molecule has 0 aromatic carbocycles. The van der Waals surface area contributed by atoms with Crippen molar-refractivity contribution in [3.05, 3.63) is 42.1 Å². The number of rotatable bonds is 5. The Balaban J connectivity index is 1.29. The lowest BCUT2D eigenvalue weighted by Crippen LogP contribution is -2.51. The fraction of sp³-hybridized carbons (Fsp3) is 0.438. The van der Waals surface area contributed by atoms with Gasteiger partial charge in [0.25, 0.3) is 0 Å². The topological polar surface area (TPSA) is 71.5 Å². The van der Waals surface area contributed by atoms with Crippen molar-refractivity contribution in [1.29, 1.82) is 0 Å². The summed E-state index contributed by atoms with van der Waals surface area (Å²) in [5.74, 6) is 3.56. The molecule has 7 nitrogen and oxygen atoms in total. The standard InChI is InChI=1S/C16H20N6O/c1-11-3-4-14(23-11)12(2)17-7-13-8-21(9-13)16-6-5-15-19-18-10-22(15)20-16/h3-6,10,12-13,17H,7-9H2,1-2H3. The maximum atomic E-state index is 5.66. The third kappa shape index (κ3) is 2.79. The number of hydrogen-bond acceptors (Lipinski definition) is 6. The fourth-order valence-corrected chi connectivity index (χ4v) is 2.90. The van der Waals surface area contributed by atoms with Crippen molar-refractivity contribution in [2.45, 2.75) is 19.9 Å². The Labute approximate surface area is 134 Å². The van der Waals surface area contributed by atoms with Crippen LogP contribution >= 0.6 is 0 Å². The van der Waals surface area contributed by atoms with Crippen molar-refractivity contribution in [3.8, 4) is 0 Å². The van der Waals surface area contributed by atoms with Gasteiger partial charge in [0.1, 0.15) is 23.7 Å². The van der Waals surface area contributed by atoms with Crippen molar-refractivity contribution in [1.82, 2.24) is 25.1 Å². The minimum Gasteiger partial charge on any atom is -0.465 e. The van der Waals surface area contributed by atoms with E-state index in [-0.39, 0.29) is 6.04 Å². The predicted octanol–water partition coefficient (Wildman–Crippen LogP) is 1.81. The SMILES string of the molecule is Cc1ccc(C(C)NCC2CN(c3ccc4nncn4n3)C2)o1. The lowest BCUT2D eigenvalue weighted by atomic mass is 10.00. The molecular formula is C16H20N6O.